The number of imidazole rings is 1. The average Bonchev–Trinajstić information content (AvgIpc) is 2.63. The molecule has 0 amide bonds. The van der Waals surface area contributed by atoms with Crippen molar-refractivity contribution in [1.29, 1.82) is 0 Å². The summed E-state index contributed by atoms with van der Waals surface area (Å²) in [5, 5.41) is 0. The molecule has 2 rings (SSSR count). The number of aromatic nitrogens is 3. The summed E-state index contributed by atoms with van der Waals surface area (Å²) in [5.74, 6) is 0.564. The highest BCUT2D eigenvalue weighted by molar-refractivity contribution is 5.17. The Hall–Kier alpha value is -1.84. The predicted octanol–water partition coefficient (Wildman–Crippen LogP) is 1.10. The molecule has 0 unspecified atom stereocenters. The van der Waals surface area contributed by atoms with E-state index in [9.17, 15) is 0 Å². The molecule has 2 aromatic heterocycles. The van der Waals surface area contributed by atoms with Gasteiger partial charge in [0.15, 0.2) is 5.95 Å². The van der Waals surface area contributed by atoms with Crippen LogP contribution in [-0.4, -0.2) is 14.5 Å². The van der Waals surface area contributed by atoms with Gasteiger partial charge in [0.05, 0.1) is 0 Å². The SMILES string of the molecule is Nc1nccn1CCc1cccnc1. The number of aryl methyl sites for hydroxylation is 2. The molecule has 4 heteroatoms. The molecule has 2 N–H and O–H groups in total. The van der Waals surface area contributed by atoms with Crippen molar-refractivity contribution < 1.29 is 0 Å². The van der Waals surface area contributed by atoms with Crippen LogP contribution >= 0.6 is 0 Å². The summed E-state index contributed by atoms with van der Waals surface area (Å²) < 4.78 is 1.92. The lowest BCUT2D eigenvalue weighted by Crippen LogP contribution is -2.04. The highest BCUT2D eigenvalue weighted by Crippen LogP contribution is 2.03. The molecule has 0 atom stereocenters. The molecule has 0 radical (unpaired) electrons. The molecule has 14 heavy (non-hydrogen) atoms. The van der Waals surface area contributed by atoms with E-state index >= 15 is 0 Å². The maximum atomic E-state index is 5.64. The van der Waals surface area contributed by atoms with Crippen molar-refractivity contribution in [3.8, 4) is 0 Å². The van der Waals surface area contributed by atoms with Gasteiger partial charge in [-0.1, -0.05) is 6.07 Å². The zero-order valence-corrected chi connectivity index (χ0v) is 7.80. The summed E-state index contributed by atoms with van der Waals surface area (Å²) in [6.07, 6.45) is 8.15. The molecule has 0 aliphatic rings. The Morgan fingerprint density at radius 1 is 1.36 bits per heavy atom. The van der Waals surface area contributed by atoms with Gasteiger partial charge in [-0.3, -0.25) is 4.98 Å². The molecule has 0 saturated heterocycles. The number of pyridine rings is 1. The molecule has 0 saturated carbocycles. The number of rotatable bonds is 3. The van der Waals surface area contributed by atoms with E-state index in [1.807, 2.05) is 23.0 Å². The Balaban J connectivity index is 1.99. The number of nitrogens with zero attached hydrogens (tertiary/aromatic N) is 3. The van der Waals surface area contributed by atoms with Gasteiger partial charge in [0.1, 0.15) is 0 Å². The minimum atomic E-state index is 0.564. The Bertz CT molecular complexity index is 394. The minimum Gasteiger partial charge on any atom is -0.369 e. The first-order chi connectivity index (χ1) is 6.86. The third kappa shape index (κ3) is 1.90. The van der Waals surface area contributed by atoms with Crippen molar-refractivity contribution in [1.82, 2.24) is 14.5 Å². The van der Waals surface area contributed by atoms with Crippen LogP contribution in [0.3, 0.4) is 0 Å². The number of hydrogen-bond acceptors (Lipinski definition) is 3. The molecule has 0 aliphatic heterocycles. The Labute approximate surface area is 82.4 Å². The zero-order chi connectivity index (χ0) is 9.80. The van der Waals surface area contributed by atoms with E-state index in [2.05, 4.69) is 16.0 Å². The minimum absolute atomic E-state index is 0.564. The highest BCUT2D eigenvalue weighted by atomic mass is 15.1. The van der Waals surface area contributed by atoms with Crippen molar-refractivity contribution in [2.45, 2.75) is 13.0 Å². The highest BCUT2D eigenvalue weighted by Gasteiger charge is 1.97. The van der Waals surface area contributed by atoms with Gasteiger partial charge < -0.3 is 10.3 Å². The van der Waals surface area contributed by atoms with Crippen LogP contribution in [0, 0.1) is 0 Å². The molecule has 4 nitrogen and oxygen atoms in total. The van der Waals surface area contributed by atoms with Crippen molar-refractivity contribution in [3.63, 3.8) is 0 Å². The molecule has 2 heterocycles. The number of nitrogens with two attached hydrogens (primary N) is 1. The third-order valence-electron chi connectivity index (χ3n) is 2.11. The van der Waals surface area contributed by atoms with Crippen LogP contribution in [0.5, 0.6) is 0 Å². The zero-order valence-electron chi connectivity index (χ0n) is 7.80. The van der Waals surface area contributed by atoms with E-state index in [1.54, 1.807) is 12.4 Å². The lowest BCUT2D eigenvalue weighted by molar-refractivity contribution is 0.704. The molecule has 0 fully saturated rings. The van der Waals surface area contributed by atoms with E-state index in [-0.39, 0.29) is 0 Å². The first-order valence-corrected chi connectivity index (χ1v) is 4.52. The predicted molar refractivity (Wildman–Crippen MR) is 54.6 cm³/mol. The first-order valence-electron chi connectivity index (χ1n) is 4.52. The lowest BCUT2D eigenvalue weighted by atomic mass is 10.2. The summed E-state index contributed by atoms with van der Waals surface area (Å²) in [6, 6.07) is 3.99. The van der Waals surface area contributed by atoms with E-state index < -0.39 is 0 Å². The molecule has 0 aliphatic carbocycles. The molecule has 72 valence electrons. The van der Waals surface area contributed by atoms with Crippen LogP contribution in [0.4, 0.5) is 5.95 Å². The number of hydrogen-bond donors (Lipinski definition) is 1. The van der Waals surface area contributed by atoms with E-state index in [0.29, 0.717) is 5.95 Å². The molecule has 0 spiro atoms. The second-order valence-electron chi connectivity index (χ2n) is 3.09. The van der Waals surface area contributed by atoms with Gasteiger partial charge in [-0.15, -0.1) is 0 Å². The van der Waals surface area contributed by atoms with Crippen LogP contribution < -0.4 is 5.73 Å². The first kappa shape index (κ1) is 8.74. The normalized spacial score (nSPS) is 10.3. The van der Waals surface area contributed by atoms with Crippen molar-refractivity contribution >= 4 is 5.95 Å². The molecule has 0 bridgehead atoms. The van der Waals surface area contributed by atoms with E-state index in [1.165, 1.54) is 5.56 Å². The maximum Gasteiger partial charge on any atom is 0.200 e. The summed E-state index contributed by atoms with van der Waals surface area (Å²) in [4.78, 5) is 8.00. The summed E-state index contributed by atoms with van der Waals surface area (Å²) in [6.45, 7) is 0.845. The topological polar surface area (TPSA) is 56.7 Å². The van der Waals surface area contributed by atoms with Gasteiger partial charge in [0, 0.05) is 31.3 Å². The van der Waals surface area contributed by atoms with Crippen molar-refractivity contribution in [3.05, 3.63) is 42.5 Å². The smallest absolute Gasteiger partial charge is 0.200 e. The second-order valence-corrected chi connectivity index (χ2v) is 3.09. The Kier molecular flexibility index (Phi) is 2.44. The van der Waals surface area contributed by atoms with Gasteiger partial charge in [0.2, 0.25) is 0 Å². The fourth-order valence-electron chi connectivity index (χ4n) is 1.33. The van der Waals surface area contributed by atoms with Crippen molar-refractivity contribution in [2.24, 2.45) is 0 Å². The van der Waals surface area contributed by atoms with E-state index in [4.69, 9.17) is 5.73 Å². The van der Waals surface area contributed by atoms with Crippen LogP contribution in [0.2, 0.25) is 0 Å². The largest absolute Gasteiger partial charge is 0.369 e. The van der Waals surface area contributed by atoms with E-state index in [0.717, 1.165) is 13.0 Å². The molecule has 2 aromatic rings. The number of nitrogen functional groups attached to an aromatic ring is 1. The second kappa shape index (κ2) is 3.91. The maximum absolute atomic E-state index is 5.64. The number of anilines is 1. The quantitative estimate of drug-likeness (QED) is 0.784. The average molecular weight is 188 g/mol. The van der Waals surface area contributed by atoms with Gasteiger partial charge >= 0.3 is 0 Å². The molecular formula is C10H12N4. The third-order valence-corrected chi connectivity index (χ3v) is 2.11. The Morgan fingerprint density at radius 2 is 2.29 bits per heavy atom. The van der Waals surface area contributed by atoms with Crippen molar-refractivity contribution in [2.75, 3.05) is 5.73 Å². The monoisotopic (exact) mass is 188 g/mol. The van der Waals surface area contributed by atoms with Gasteiger partial charge in [0.25, 0.3) is 0 Å². The van der Waals surface area contributed by atoms with Crippen LogP contribution in [0.15, 0.2) is 36.9 Å². The fraction of sp³-hybridized carbons (Fsp3) is 0.200. The van der Waals surface area contributed by atoms with Gasteiger partial charge in [-0.2, -0.15) is 0 Å². The summed E-state index contributed by atoms with van der Waals surface area (Å²) in [7, 11) is 0. The lowest BCUT2D eigenvalue weighted by Gasteiger charge is -2.03. The van der Waals surface area contributed by atoms with Gasteiger partial charge in [-0.05, 0) is 18.1 Å². The Morgan fingerprint density at radius 3 is 2.93 bits per heavy atom. The van der Waals surface area contributed by atoms with Crippen LogP contribution in [-0.2, 0) is 13.0 Å². The fourth-order valence-corrected chi connectivity index (χ4v) is 1.33. The molecule has 0 aromatic carbocycles. The van der Waals surface area contributed by atoms with Crippen LogP contribution in [0.25, 0.3) is 0 Å². The molecular weight excluding hydrogens is 176 g/mol. The summed E-state index contributed by atoms with van der Waals surface area (Å²) in [5.41, 5.74) is 6.85. The van der Waals surface area contributed by atoms with Gasteiger partial charge in [-0.25, -0.2) is 4.98 Å². The standard InChI is InChI=1S/C10H12N4/c11-10-13-5-7-14(10)6-3-9-2-1-4-12-8-9/h1-2,4-5,7-8H,3,6H2,(H2,11,13). The van der Waals surface area contributed by atoms with Crippen LogP contribution in [0.1, 0.15) is 5.56 Å². The summed E-state index contributed by atoms with van der Waals surface area (Å²) >= 11 is 0.